The van der Waals surface area contributed by atoms with Gasteiger partial charge >= 0.3 is 0 Å². The van der Waals surface area contributed by atoms with E-state index < -0.39 is 10.8 Å². The van der Waals surface area contributed by atoms with Crippen LogP contribution in [-0.2, 0) is 17.5 Å². The number of rotatable bonds is 7. The number of para-hydroxylation sites is 2. The minimum atomic E-state index is -0.538. The van der Waals surface area contributed by atoms with Crippen molar-refractivity contribution in [1.82, 2.24) is 9.13 Å². The Bertz CT molecular complexity index is 4390. The lowest BCUT2D eigenvalue weighted by atomic mass is 9.67. The summed E-state index contributed by atoms with van der Waals surface area (Å²) in [6.45, 7) is 2.44. The van der Waals surface area contributed by atoms with Crippen LogP contribution in [0.1, 0.15) is 57.0 Å². The third-order valence-electron chi connectivity index (χ3n) is 16.6. The van der Waals surface area contributed by atoms with Gasteiger partial charge in [0.15, 0.2) is 0 Å². The number of hydrogen-bond acceptors (Lipinski definition) is 1. The molecule has 4 nitrogen and oxygen atoms in total. The maximum Gasteiger partial charge on any atom is 0.232 e. The molecule has 0 unspecified atom stereocenters. The van der Waals surface area contributed by atoms with E-state index in [9.17, 15) is 0 Å². The van der Waals surface area contributed by atoms with Crippen LogP contribution in [0, 0.1) is 0 Å². The van der Waals surface area contributed by atoms with E-state index in [0.29, 0.717) is 12.6 Å². The molecule has 0 bridgehead atoms. The third-order valence-corrected chi connectivity index (χ3v) is 16.6. The van der Waals surface area contributed by atoms with Crippen LogP contribution < -0.4 is 0 Å². The molecule has 0 fully saturated rings. The molecule has 0 atom stereocenters. The molecule has 0 saturated carbocycles. The molecule has 0 N–H and O–H groups in total. The van der Waals surface area contributed by atoms with Crippen LogP contribution in [0.5, 0.6) is 0 Å². The Labute approximate surface area is 441 Å². The summed E-state index contributed by atoms with van der Waals surface area (Å²) in [5, 5.41) is 4.70. The summed E-state index contributed by atoms with van der Waals surface area (Å²) in [6.07, 6.45) is 0. The van der Waals surface area contributed by atoms with E-state index in [2.05, 4.69) is 289 Å². The van der Waals surface area contributed by atoms with Gasteiger partial charge in [0.25, 0.3) is 0 Å². The summed E-state index contributed by atoms with van der Waals surface area (Å²) < 4.78 is 4.73. The predicted octanol–water partition coefficient (Wildman–Crippen LogP) is 17.0. The molecule has 2 aromatic heterocycles. The van der Waals surface area contributed by atoms with Crippen molar-refractivity contribution in [3.05, 3.63) is 323 Å². The average molecular weight is 971 g/mol. The van der Waals surface area contributed by atoms with Crippen molar-refractivity contribution in [2.45, 2.75) is 24.4 Å². The summed E-state index contributed by atoms with van der Waals surface area (Å²) in [4.78, 5) is 11.4. The van der Waals surface area contributed by atoms with Crippen molar-refractivity contribution in [2.75, 3.05) is 0 Å². The Morgan fingerprint density at radius 1 is 0.342 bits per heavy atom. The van der Waals surface area contributed by atoms with Crippen molar-refractivity contribution < 1.29 is 0 Å². The number of nitrogens with zero attached hydrogens (tertiary/aromatic N) is 4. The highest BCUT2D eigenvalue weighted by atomic mass is 15.2. The van der Waals surface area contributed by atoms with Crippen LogP contribution in [0.3, 0.4) is 0 Å². The van der Waals surface area contributed by atoms with E-state index in [-0.39, 0.29) is 0 Å². The second kappa shape index (κ2) is 17.2. The van der Waals surface area contributed by atoms with Gasteiger partial charge in [-0.3, -0.25) is 4.57 Å². The summed E-state index contributed by atoms with van der Waals surface area (Å²) >= 11 is 0. The molecule has 76 heavy (non-hydrogen) atoms. The van der Waals surface area contributed by atoms with Gasteiger partial charge in [-0.1, -0.05) is 237 Å². The van der Waals surface area contributed by atoms with Crippen molar-refractivity contribution >= 4 is 55.3 Å². The maximum absolute atomic E-state index is 5.75. The molecule has 0 aliphatic heterocycles. The van der Waals surface area contributed by atoms with Crippen LogP contribution in [0.2, 0.25) is 0 Å². The topological polar surface area (TPSA) is 34.6 Å². The number of aliphatic imine (C=N–C) groups is 2. The minimum Gasteiger partial charge on any atom is -0.320 e. The lowest BCUT2D eigenvalue weighted by Gasteiger charge is -2.34. The summed E-state index contributed by atoms with van der Waals surface area (Å²) in [5.74, 6) is 0.626. The van der Waals surface area contributed by atoms with Crippen LogP contribution in [0.25, 0.3) is 65.9 Å². The molecular weight excluding hydrogens is 921 g/mol. The summed E-state index contributed by atoms with van der Waals surface area (Å²) in [7, 11) is 0. The molecule has 2 aliphatic rings. The quantitative estimate of drug-likeness (QED) is 0.113. The first-order valence-electron chi connectivity index (χ1n) is 26.3. The normalized spacial score (nSPS) is 14.3. The van der Waals surface area contributed by atoms with Crippen LogP contribution >= 0.6 is 0 Å². The van der Waals surface area contributed by atoms with E-state index in [1.165, 1.54) is 77.5 Å². The van der Waals surface area contributed by atoms with Crippen molar-refractivity contribution in [3.63, 3.8) is 0 Å². The first-order valence-corrected chi connectivity index (χ1v) is 26.3. The van der Waals surface area contributed by atoms with Gasteiger partial charge in [0, 0.05) is 27.3 Å². The van der Waals surface area contributed by atoms with E-state index in [4.69, 9.17) is 9.98 Å². The Hall–Kier alpha value is -9.64. The maximum atomic E-state index is 5.75. The first kappa shape index (κ1) is 43.9. The van der Waals surface area contributed by atoms with Crippen LogP contribution in [0.15, 0.2) is 283 Å². The van der Waals surface area contributed by atoms with Crippen molar-refractivity contribution in [1.29, 1.82) is 0 Å². The molecule has 15 rings (SSSR count). The SMILES string of the molecule is C/C(=N\C(=N/Cn1c2ccccc2c2cc3c(cc21)-c1ccccc1C3(c1ccccc1)c1ccccc1)n1c2ccccc2c2cc3c(cc21)-c1ccccc1C3(c1ccccc1)c1ccccc1)c1ccccc1. The molecule has 0 saturated heterocycles. The van der Waals surface area contributed by atoms with Crippen molar-refractivity contribution in [3.8, 4) is 22.3 Å². The van der Waals surface area contributed by atoms with Gasteiger partial charge in [0.2, 0.25) is 5.96 Å². The van der Waals surface area contributed by atoms with Crippen LogP contribution in [0.4, 0.5) is 0 Å². The summed E-state index contributed by atoms with van der Waals surface area (Å²) in [5.41, 5.74) is 20.3. The van der Waals surface area contributed by atoms with E-state index in [1.54, 1.807) is 0 Å². The molecule has 2 aliphatic carbocycles. The first-order chi connectivity index (χ1) is 37.6. The van der Waals surface area contributed by atoms with Crippen LogP contribution in [-0.4, -0.2) is 20.8 Å². The highest BCUT2D eigenvalue weighted by Gasteiger charge is 2.48. The molecule has 0 radical (unpaired) electrons. The predicted molar refractivity (Wildman–Crippen MR) is 315 cm³/mol. The zero-order valence-corrected chi connectivity index (χ0v) is 42.0. The molecule has 13 aromatic rings. The Morgan fingerprint density at radius 2 is 0.737 bits per heavy atom. The molecule has 358 valence electrons. The fourth-order valence-electron chi connectivity index (χ4n) is 13.4. The van der Waals surface area contributed by atoms with Gasteiger partial charge < -0.3 is 4.57 Å². The second-order valence-corrected chi connectivity index (χ2v) is 20.3. The zero-order chi connectivity index (χ0) is 50.4. The van der Waals surface area contributed by atoms with E-state index >= 15 is 0 Å². The monoisotopic (exact) mass is 970 g/mol. The largest absolute Gasteiger partial charge is 0.320 e. The number of fused-ring (bicyclic) bond motifs is 12. The zero-order valence-electron chi connectivity index (χ0n) is 42.0. The molecule has 11 aromatic carbocycles. The van der Waals surface area contributed by atoms with Gasteiger partial charge in [-0.2, -0.15) is 0 Å². The van der Waals surface area contributed by atoms with Gasteiger partial charge in [0.05, 0.1) is 32.9 Å². The molecule has 2 heterocycles. The van der Waals surface area contributed by atoms with Gasteiger partial charge in [-0.05, 0) is 116 Å². The van der Waals surface area contributed by atoms with Gasteiger partial charge in [-0.15, -0.1) is 0 Å². The smallest absolute Gasteiger partial charge is 0.232 e. The Morgan fingerprint density at radius 3 is 1.25 bits per heavy atom. The number of aromatic nitrogens is 2. The second-order valence-electron chi connectivity index (χ2n) is 20.3. The lowest BCUT2D eigenvalue weighted by molar-refractivity contribution is 0.768. The highest BCUT2D eigenvalue weighted by molar-refractivity contribution is 6.18. The molecular formula is C72H50N4. The fraction of sp³-hybridized carbons (Fsp3) is 0.0556. The Balaban J connectivity index is 0.985. The number of hydrogen-bond donors (Lipinski definition) is 0. The van der Waals surface area contributed by atoms with Gasteiger partial charge in [0.1, 0.15) is 6.67 Å². The third kappa shape index (κ3) is 6.25. The average Bonchev–Trinajstić information content (AvgIpc) is 4.31. The lowest BCUT2D eigenvalue weighted by Crippen LogP contribution is -2.28. The number of benzene rings is 11. The van der Waals surface area contributed by atoms with Gasteiger partial charge in [-0.25, -0.2) is 9.98 Å². The molecule has 0 amide bonds. The van der Waals surface area contributed by atoms with E-state index in [1.807, 2.05) is 0 Å². The molecule has 4 heteroatoms. The summed E-state index contributed by atoms with van der Waals surface area (Å²) in [6, 6.07) is 100. The Kier molecular flexibility index (Phi) is 9.95. The standard InChI is InChI=1S/C72H50N4/c1-48(49-25-7-2-8-26-49)74-70(76-67-42-24-20-38-57(67)61-44-65-59(46-69(61)76)55-36-18-22-40-63(55)72(65,52-31-13-5-14-32-52)53-33-15-6-16-34-53)73-47-75-66-41-23-19-37-56(66)60-43-64-58(45-68(60)75)54-35-17-21-39-62(54)71(64,50-27-9-3-10-28-50)51-29-11-4-12-30-51/h2-46H,47H2,1H3/b73-70+,74-48+. The molecule has 0 spiro atoms. The van der Waals surface area contributed by atoms with Crippen molar-refractivity contribution in [2.24, 2.45) is 9.98 Å². The highest BCUT2D eigenvalue weighted by Crippen LogP contribution is 2.59. The van der Waals surface area contributed by atoms with E-state index in [0.717, 1.165) is 44.1 Å². The minimum absolute atomic E-state index is 0.334. The fourth-order valence-corrected chi connectivity index (χ4v) is 13.4.